The third-order valence-corrected chi connectivity index (χ3v) is 3.84. The molecule has 1 aliphatic carbocycles. The van der Waals surface area contributed by atoms with E-state index in [1.165, 1.54) is 19.3 Å². The second-order valence-corrected chi connectivity index (χ2v) is 5.39. The van der Waals surface area contributed by atoms with Crippen molar-refractivity contribution in [1.29, 1.82) is 0 Å². The maximum atomic E-state index is 11.2. The Morgan fingerprint density at radius 3 is 2.50 bits per heavy atom. The summed E-state index contributed by atoms with van der Waals surface area (Å²) in [6, 6.07) is 0. The third kappa shape index (κ3) is 3.11. The lowest BCUT2D eigenvalue weighted by atomic mass is 9.86. The smallest absolute Gasteiger partial charge is 0.211 e. The average Bonchev–Trinajstić information content (AvgIpc) is 1.82. The van der Waals surface area contributed by atoms with Crippen LogP contribution in [0.1, 0.15) is 32.6 Å². The fraction of sp³-hybridized carbons (Fsp3) is 1.00. The Bertz CT molecular complexity index is 219. The molecule has 0 aromatic heterocycles. The van der Waals surface area contributed by atoms with Crippen molar-refractivity contribution in [2.24, 2.45) is 5.92 Å². The van der Waals surface area contributed by atoms with Crippen molar-refractivity contribution in [3.63, 3.8) is 0 Å². The first kappa shape index (κ1) is 9.99. The molecule has 0 amide bonds. The molecule has 0 aliphatic heterocycles. The highest BCUT2D eigenvalue weighted by molar-refractivity contribution is 7.89. The molecular weight excluding hydrogens is 174 g/mol. The van der Waals surface area contributed by atoms with Crippen LogP contribution in [-0.2, 0) is 10.0 Å². The van der Waals surface area contributed by atoms with E-state index in [0.29, 0.717) is 18.9 Å². The number of hydrogen-bond donors (Lipinski definition) is 1. The Balaban J connectivity index is 2.20. The van der Waals surface area contributed by atoms with Gasteiger partial charge in [0, 0.05) is 6.54 Å². The molecular formula is C8H17NO2S. The van der Waals surface area contributed by atoms with Gasteiger partial charge in [-0.05, 0) is 25.2 Å². The fourth-order valence-electron chi connectivity index (χ4n) is 1.28. The lowest BCUT2D eigenvalue weighted by Crippen LogP contribution is -2.33. The zero-order valence-corrected chi connectivity index (χ0v) is 8.36. The summed E-state index contributed by atoms with van der Waals surface area (Å²) in [5, 5.41) is 0. The average molecular weight is 191 g/mol. The summed E-state index contributed by atoms with van der Waals surface area (Å²) >= 11 is 0. The molecule has 0 saturated heterocycles. The zero-order valence-electron chi connectivity index (χ0n) is 7.54. The summed E-state index contributed by atoms with van der Waals surface area (Å²) < 4.78 is 25.0. The predicted octanol–water partition coefficient (Wildman–Crippen LogP) is 1.12. The van der Waals surface area contributed by atoms with Crippen LogP contribution in [0.15, 0.2) is 0 Å². The van der Waals surface area contributed by atoms with Gasteiger partial charge in [0.15, 0.2) is 0 Å². The summed E-state index contributed by atoms with van der Waals surface area (Å²) in [5.74, 6) is 0.872. The van der Waals surface area contributed by atoms with Crippen molar-refractivity contribution in [3.8, 4) is 0 Å². The highest BCUT2D eigenvalue weighted by atomic mass is 32.2. The van der Waals surface area contributed by atoms with Gasteiger partial charge in [-0.25, -0.2) is 13.1 Å². The molecule has 12 heavy (non-hydrogen) atoms. The van der Waals surface area contributed by atoms with Crippen molar-refractivity contribution >= 4 is 10.0 Å². The van der Waals surface area contributed by atoms with E-state index in [1.54, 1.807) is 0 Å². The van der Waals surface area contributed by atoms with E-state index in [2.05, 4.69) is 4.72 Å². The molecule has 1 rings (SSSR count). The van der Waals surface area contributed by atoms with Gasteiger partial charge in [-0.2, -0.15) is 0 Å². The van der Waals surface area contributed by atoms with Gasteiger partial charge in [0.25, 0.3) is 0 Å². The van der Waals surface area contributed by atoms with Crippen LogP contribution in [0, 0.1) is 5.92 Å². The van der Waals surface area contributed by atoms with Crippen LogP contribution in [0.5, 0.6) is 0 Å². The van der Waals surface area contributed by atoms with E-state index in [4.69, 9.17) is 0 Å². The molecule has 4 heteroatoms. The summed E-state index contributed by atoms with van der Waals surface area (Å²) in [5.41, 5.74) is 0. The topological polar surface area (TPSA) is 46.2 Å². The fourth-order valence-corrected chi connectivity index (χ4v) is 2.45. The van der Waals surface area contributed by atoms with Gasteiger partial charge in [0.05, 0.1) is 5.75 Å². The van der Waals surface area contributed by atoms with E-state index in [9.17, 15) is 8.42 Å². The highest BCUT2D eigenvalue weighted by Gasteiger charge is 2.19. The maximum absolute atomic E-state index is 11.2. The summed E-state index contributed by atoms with van der Waals surface area (Å²) in [6.07, 6.45) is 4.34. The van der Waals surface area contributed by atoms with Gasteiger partial charge in [0.1, 0.15) is 0 Å². The Kier molecular flexibility index (Phi) is 3.53. The van der Waals surface area contributed by atoms with Crippen LogP contribution >= 0.6 is 0 Å². The molecule has 0 radical (unpaired) electrons. The Morgan fingerprint density at radius 2 is 2.08 bits per heavy atom. The largest absolute Gasteiger partial charge is 0.215 e. The van der Waals surface area contributed by atoms with E-state index in [1.807, 2.05) is 6.92 Å². The van der Waals surface area contributed by atoms with Crippen molar-refractivity contribution in [1.82, 2.24) is 4.72 Å². The summed E-state index contributed by atoms with van der Waals surface area (Å²) in [7, 11) is -2.95. The molecule has 3 nitrogen and oxygen atoms in total. The highest BCUT2D eigenvalue weighted by Crippen LogP contribution is 2.25. The molecule has 0 atom stereocenters. The molecule has 1 aliphatic rings. The van der Waals surface area contributed by atoms with Crippen LogP contribution in [0.3, 0.4) is 0 Å². The van der Waals surface area contributed by atoms with Crippen LogP contribution < -0.4 is 4.72 Å². The molecule has 0 aromatic rings. The minimum atomic E-state index is -2.95. The van der Waals surface area contributed by atoms with Gasteiger partial charge in [-0.15, -0.1) is 0 Å². The van der Waals surface area contributed by atoms with E-state index in [0.717, 1.165) is 0 Å². The summed E-state index contributed by atoms with van der Waals surface area (Å²) in [6.45, 7) is 2.53. The Hall–Kier alpha value is -0.0900. The first-order chi connectivity index (χ1) is 5.64. The van der Waals surface area contributed by atoms with Crippen LogP contribution in [0.25, 0.3) is 0 Å². The Labute approximate surface area is 74.6 Å². The monoisotopic (exact) mass is 191 g/mol. The quantitative estimate of drug-likeness (QED) is 0.707. The summed E-state index contributed by atoms with van der Waals surface area (Å²) in [4.78, 5) is 0. The maximum Gasteiger partial charge on any atom is 0.211 e. The van der Waals surface area contributed by atoms with Gasteiger partial charge in [-0.1, -0.05) is 13.3 Å². The third-order valence-electron chi connectivity index (χ3n) is 2.29. The standard InChI is InChI=1S/C8H17NO2S/c1-2-6-12(10,11)9-7-8-4-3-5-8/h8-9H,2-7H2,1H3. The minimum absolute atomic E-state index is 0.264. The molecule has 1 fully saturated rings. The van der Waals surface area contributed by atoms with Crippen LogP contribution in [0.2, 0.25) is 0 Å². The Morgan fingerprint density at radius 1 is 1.42 bits per heavy atom. The number of sulfonamides is 1. The molecule has 0 bridgehead atoms. The van der Waals surface area contributed by atoms with Crippen molar-refractivity contribution in [2.75, 3.05) is 12.3 Å². The van der Waals surface area contributed by atoms with Crippen molar-refractivity contribution in [2.45, 2.75) is 32.6 Å². The number of nitrogens with one attached hydrogen (secondary N) is 1. The second kappa shape index (κ2) is 4.23. The van der Waals surface area contributed by atoms with E-state index >= 15 is 0 Å². The van der Waals surface area contributed by atoms with Gasteiger partial charge in [0.2, 0.25) is 10.0 Å². The van der Waals surface area contributed by atoms with Gasteiger partial charge < -0.3 is 0 Å². The molecule has 72 valence electrons. The SMILES string of the molecule is CCCS(=O)(=O)NCC1CCC1. The number of hydrogen-bond acceptors (Lipinski definition) is 2. The van der Waals surface area contributed by atoms with Crippen LogP contribution in [-0.4, -0.2) is 20.7 Å². The van der Waals surface area contributed by atoms with Gasteiger partial charge >= 0.3 is 0 Å². The normalized spacial score (nSPS) is 19.1. The van der Waals surface area contributed by atoms with Crippen molar-refractivity contribution in [3.05, 3.63) is 0 Å². The van der Waals surface area contributed by atoms with Gasteiger partial charge in [-0.3, -0.25) is 0 Å². The molecule has 0 aromatic carbocycles. The second-order valence-electron chi connectivity index (χ2n) is 3.46. The zero-order chi connectivity index (χ0) is 9.03. The van der Waals surface area contributed by atoms with E-state index in [-0.39, 0.29) is 5.75 Å². The first-order valence-electron chi connectivity index (χ1n) is 4.61. The number of rotatable bonds is 5. The lowest BCUT2D eigenvalue weighted by molar-refractivity contribution is 0.316. The predicted molar refractivity (Wildman–Crippen MR) is 49.4 cm³/mol. The molecule has 1 saturated carbocycles. The molecule has 1 N–H and O–H groups in total. The molecule has 0 spiro atoms. The minimum Gasteiger partial charge on any atom is -0.215 e. The molecule has 0 unspecified atom stereocenters. The first-order valence-corrected chi connectivity index (χ1v) is 6.26. The van der Waals surface area contributed by atoms with Crippen LogP contribution in [0.4, 0.5) is 0 Å². The lowest BCUT2D eigenvalue weighted by Gasteiger charge is -2.25. The van der Waals surface area contributed by atoms with E-state index < -0.39 is 10.0 Å². The molecule has 0 heterocycles. The van der Waals surface area contributed by atoms with Crippen molar-refractivity contribution < 1.29 is 8.42 Å².